The van der Waals surface area contributed by atoms with Gasteiger partial charge in [0.15, 0.2) is 5.96 Å². The van der Waals surface area contributed by atoms with Gasteiger partial charge in [-0.1, -0.05) is 0 Å². The molecule has 0 spiro atoms. The molecule has 0 aliphatic carbocycles. The van der Waals surface area contributed by atoms with Crippen LogP contribution in [0.15, 0.2) is 4.99 Å². The van der Waals surface area contributed by atoms with Gasteiger partial charge in [-0.2, -0.15) is 0 Å². The molecule has 0 aliphatic rings. The van der Waals surface area contributed by atoms with E-state index in [0.717, 1.165) is 0 Å². The van der Waals surface area contributed by atoms with Crippen LogP contribution < -0.4 is 22.9 Å². The van der Waals surface area contributed by atoms with Crippen LogP contribution in [0, 0.1) is 0 Å². The van der Waals surface area contributed by atoms with Crippen molar-refractivity contribution in [3.63, 3.8) is 0 Å². The second kappa shape index (κ2) is 8.48. The summed E-state index contributed by atoms with van der Waals surface area (Å²) in [5.74, 6) is -1.44. The molecule has 17 heavy (non-hydrogen) atoms. The third-order valence-electron chi connectivity index (χ3n) is 1.83. The van der Waals surface area contributed by atoms with Crippen molar-refractivity contribution in [2.75, 3.05) is 13.1 Å². The zero-order valence-corrected chi connectivity index (χ0v) is 9.59. The minimum Gasteiger partial charge on any atom is -0.392 e. The molecule has 0 amide bonds. The molecule has 8 heteroatoms. The molecule has 0 radical (unpaired) electrons. The molecule has 0 bridgehead atoms. The Hall–Kier alpha value is -1.67. The van der Waals surface area contributed by atoms with Crippen molar-refractivity contribution in [2.24, 2.45) is 27.9 Å². The third kappa shape index (κ3) is 8.17. The van der Waals surface area contributed by atoms with Crippen LogP contribution in [0.5, 0.6) is 0 Å². The number of nitrogens with two attached hydrogens (primary N) is 4. The zero-order chi connectivity index (χ0) is 13.3. The second-order valence-electron chi connectivity index (χ2n) is 3.39. The Bertz CT molecular complexity index is 288. The number of carbonyl (C=O) groups is 2. The normalized spacial score (nSPS) is 11.6. The summed E-state index contributed by atoms with van der Waals surface area (Å²) in [4.78, 5) is 25.9. The Kier molecular flexibility index (Phi) is 7.65. The predicted molar refractivity (Wildman–Crippen MR) is 62.7 cm³/mol. The zero-order valence-electron chi connectivity index (χ0n) is 9.59. The molecule has 8 N–H and O–H groups in total. The highest BCUT2D eigenvalue weighted by atomic mass is 16.6. The molecule has 0 aromatic carbocycles. The Morgan fingerprint density at radius 3 is 2.47 bits per heavy atom. The quantitative estimate of drug-likeness (QED) is 0.130. The fourth-order valence-electron chi connectivity index (χ4n) is 0.994. The van der Waals surface area contributed by atoms with Crippen LogP contribution >= 0.6 is 0 Å². The minimum absolute atomic E-state index is 0.00748. The Morgan fingerprint density at radius 2 is 1.94 bits per heavy atom. The first-order chi connectivity index (χ1) is 7.97. The highest BCUT2D eigenvalue weighted by molar-refractivity contribution is 5.88. The highest BCUT2D eigenvalue weighted by Gasteiger charge is 2.17. The van der Waals surface area contributed by atoms with Crippen LogP contribution in [0.25, 0.3) is 0 Å². The van der Waals surface area contributed by atoms with E-state index >= 15 is 0 Å². The van der Waals surface area contributed by atoms with E-state index in [-0.39, 0.29) is 18.9 Å². The van der Waals surface area contributed by atoms with Crippen molar-refractivity contribution < 1.29 is 14.3 Å². The lowest BCUT2D eigenvalue weighted by molar-refractivity contribution is -0.160. The van der Waals surface area contributed by atoms with Crippen molar-refractivity contribution in [3.8, 4) is 0 Å². The number of esters is 2. The van der Waals surface area contributed by atoms with E-state index in [1.807, 2.05) is 0 Å². The number of rotatable bonds is 7. The summed E-state index contributed by atoms with van der Waals surface area (Å²) < 4.78 is 4.46. The van der Waals surface area contributed by atoms with Crippen LogP contribution in [0.3, 0.4) is 0 Å². The molecule has 0 rings (SSSR count). The van der Waals surface area contributed by atoms with Crippen molar-refractivity contribution in [2.45, 2.75) is 25.3 Å². The number of guanidine groups is 1. The van der Waals surface area contributed by atoms with E-state index < -0.39 is 18.0 Å². The van der Waals surface area contributed by atoms with Gasteiger partial charge in [-0.3, -0.25) is 9.79 Å². The van der Waals surface area contributed by atoms with Crippen LogP contribution in [0.1, 0.15) is 19.3 Å². The first-order valence-corrected chi connectivity index (χ1v) is 5.23. The SMILES string of the molecule is NCCC(=O)OC(=O)[C@@H](N)CCCN=C(N)N. The average molecular weight is 245 g/mol. The summed E-state index contributed by atoms with van der Waals surface area (Å²) in [7, 11) is 0. The molecular formula is C9H19N5O3. The van der Waals surface area contributed by atoms with Gasteiger partial charge in [0, 0.05) is 13.1 Å². The molecule has 0 saturated heterocycles. The summed E-state index contributed by atoms with van der Waals surface area (Å²) in [6, 6.07) is -0.856. The predicted octanol–water partition coefficient (Wildman–Crippen LogP) is -2.21. The standard InChI is InChI=1S/C9H19N5O3/c10-4-3-7(15)17-8(16)6(11)2-1-5-14-9(12)13/h6H,1-5,10-11H2,(H4,12,13,14)/t6-/m0/s1. The summed E-state index contributed by atoms with van der Waals surface area (Å²) >= 11 is 0. The average Bonchev–Trinajstić information content (AvgIpc) is 2.23. The van der Waals surface area contributed by atoms with Crippen molar-refractivity contribution in [1.82, 2.24) is 0 Å². The van der Waals surface area contributed by atoms with Crippen LogP contribution in [-0.4, -0.2) is 37.0 Å². The maximum absolute atomic E-state index is 11.3. The maximum atomic E-state index is 11.3. The molecule has 1 atom stereocenters. The van der Waals surface area contributed by atoms with Crippen molar-refractivity contribution >= 4 is 17.9 Å². The fourth-order valence-corrected chi connectivity index (χ4v) is 0.994. The molecule has 0 aliphatic heterocycles. The third-order valence-corrected chi connectivity index (χ3v) is 1.83. The Balaban J connectivity index is 3.82. The minimum atomic E-state index is -0.856. The monoisotopic (exact) mass is 245 g/mol. The molecular weight excluding hydrogens is 226 g/mol. The van der Waals surface area contributed by atoms with Crippen molar-refractivity contribution in [1.29, 1.82) is 0 Å². The van der Waals surface area contributed by atoms with Crippen LogP contribution in [0.2, 0.25) is 0 Å². The number of hydrogen-bond donors (Lipinski definition) is 4. The maximum Gasteiger partial charge on any atom is 0.330 e. The Labute approximate surface area is 99.4 Å². The molecule has 0 heterocycles. The second-order valence-corrected chi connectivity index (χ2v) is 3.39. The van der Waals surface area contributed by atoms with E-state index in [9.17, 15) is 9.59 Å². The van der Waals surface area contributed by atoms with Crippen LogP contribution in [0.4, 0.5) is 0 Å². The van der Waals surface area contributed by atoms with E-state index in [4.69, 9.17) is 22.9 Å². The molecule has 0 saturated carbocycles. The van der Waals surface area contributed by atoms with Gasteiger partial charge in [0.2, 0.25) is 0 Å². The topological polar surface area (TPSA) is 160 Å². The van der Waals surface area contributed by atoms with Gasteiger partial charge in [0.25, 0.3) is 0 Å². The number of aliphatic imine (C=N–C) groups is 1. The number of carbonyl (C=O) groups excluding carboxylic acids is 2. The van der Waals surface area contributed by atoms with Crippen LogP contribution in [-0.2, 0) is 14.3 Å². The summed E-state index contributed by atoms with van der Waals surface area (Å²) in [6.45, 7) is 0.506. The molecule has 0 aromatic rings. The number of nitrogens with zero attached hydrogens (tertiary/aromatic N) is 1. The van der Waals surface area contributed by atoms with Gasteiger partial charge in [-0.05, 0) is 12.8 Å². The smallest absolute Gasteiger partial charge is 0.330 e. The highest BCUT2D eigenvalue weighted by Crippen LogP contribution is 1.98. The molecule has 0 unspecified atom stereocenters. The lowest BCUT2D eigenvalue weighted by Crippen LogP contribution is -2.34. The molecule has 0 aromatic heterocycles. The molecule has 0 fully saturated rings. The molecule has 98 valence electrons. The van der Waals surface area contributed by atoms with Gasteiger partial charge in [-0.15, -0.1) is 0 Å². The van der Waals surface area contributed by atoms with E-state index in [1.165, 1.54) is 0 Å². The van der Waals surface area contributed by atoms with Gasteiger partial charge < -0.3 is 27.7 Å². The first kappa shape index (κ1) is 15.3. The summed E-state index contributed by atoms with van der Waals surface area (Å²) in [5.41, 5.74) is 20.9. The lowest BCUT2D eigenvalue weighted by Gasteiger charge is -2.09. The summed E-state index contributed by atoms with van der Waals surface area (Å²) in [6.07, 6.45) is 0.858. The fraction of sp³-hybridized carbons (Fsp3) is 0.667. The van der Waals surface area contributed by atoms with Crippen molar-refractivity contribution in [3.05, 3.63) is 0 Å². The Morgan fingerprint density at radius 1 is 1.29 bits per heavy atom. The first-order valence-electron chi connectivity index (χ1n) is 5.23. The van der Waals surface area contributed by atoms with E-state index in [0.29, 0.717) is 19.4 Å². The van der Waals surface area contributed by atoms with Gasteiger partial charge >= 0.3 is 11.9 Å². The number of ether oxygens (including phenoxy) is 1. The van der Waals surface area contributed by atoms with Gasteiger partial charge in [0.1, 0.15) is 6.04 Å². The summed E-state index contributed by atoms with van der Waals surface area (Å²) in [5, 5.41) is 0. The van der Waals surface area contributed by atoms with Gasteiger partial charge in [-0.25, -0.2) is 4.79 Å². The van der Waals surface area contributed by atoms with E-state index in [1.54, 1.807) is 0 Å². The largest absolute Gasteiger partial charge is 0.392 e. The lowest BCUT2D eigenvalue weighted by atomic mass is 10.2. The number of hydrogen-bond acceptors (Lipinski definition) is 6. The van der Waals surface area contributed by atoms with E-state index in [2.05, 4.69) is 9.73 Å². The molecule has 8 nitrogen and oxygen atoms in total. The van der Waals surface area contributed by atoms with Gasteiger partial charge in [0.05, 0.1) is 6.42 Å².